The highest BCUT2D eigenvalue weighted by atomic mass is 35.5. The summed E-state index contributed by atoms with van der Waals surface area (Å²) in [5.74, 6) is 0.679. The van der Waals surface area contributed by atoms with Crippen molar-refractivity contribution in [2.75, 3.05) is 0 Å². The van der Waals surface area contributed by atoms with Gasteiger partial charge in [0.2, 0.25) is 0 Å². The molecule has 0 bridgehead atoms. The highest BCUT2D eigenvalue weighted by Gasteiger charge is 2.02. The second-order valence-corrected chi connectivity index (χ2v) is 6.12. The number of rotatable bonds is 6. The number of nitrogens with one attached hydrogen (secondary N) is 1. The van der Waals surface area contributed by atoms with Gasteiger partial charge in [-0.3, -0.25) is 0 Å². The lowest BCUT2D eigenvalue weighted by Crippen LogP contribution is -2.21. The fraction of sp³-hybridized carbons (Fsp3) is 0.294. The summed E-state index contributed by atoms with van der Waals surface area (Å²) in [6.45, 7) is 5.62. The average molecular weight is 324 g/mol. The average Bonchev–Trinajstić information content (AvgIpc) is 2.42. The van der Waals surface area contributed by atoms with Gasteiger partial charge in [-0.2, -0.15) is 0 Å². The smallest absolute Gasteiger partial charge is 0.122 e. The predicted molar refractivity (Wildman–Crippen MR) is 89.2 cm³/mol. The van der Waals surface area contributed by atoms with E-state index in [1.165, 1.54) is 5.56 Å². The molecule has 0 atom stereocenters. The molecule has 0 amide bonds. The van der Waals surface area contributed by atoms with Gasteiger partial charge in [-0.1, -0.05) is 61.3 Å². The molecule has 0 unspecified atom stereocenters. The molecular formula is C17H19Cl2NO. The summed E-state index contributed by atoms with van der Waals surface area (Å²) in [5, 5.41) is 4.55. The van der Waals surface area contributed by atoms with Crippen LogP contribution in [0, 0.1) is 0 Å². The van der Waals surface area contributed by atoms with E-state index in [1.807, 2.05) is 12.1 Å². The van der Waals surface area contributed by atoms with Crippen LogP contribution in [0.1, 0.15) is 25.0 Å². The lowest BCUT2D eigenvalue weighted by Gasteiger charge is -2.11. The van der Waals surface area contributed by atoms with Gasteiger partial charge >= 0.3 is 0 Å². The lowest BCUT2D eigenvalue weighted by molar-refractivity contribution is 0.306. The summed E-state index contributed by atoms with van der Waals surface area (Å²) in [7, 11) is 0. The van der Waals surface area contributed by atoms with Gasteiger partial charge in [0.15, 0.2) is 0 Å². The summed E-state index contributed by atoms with van der Waals surface area (Å²) in [4.78, 5) is 0. The van der Waals surface area contributed by atoms with Gasteiger partial charge in [0.1, 0.15) is 12.4 Å². The van der Waals surface area contributed by atoms with Crippen molar-refractivity contribution in [1.29, 1.82) is 0 Å². The molecule has 0 saturated heterocycles. The van der Waals surface area contributed by atoms with Crippen molar-refractivity contribution >= 4 is 23.2 Å². The third-order valence-corrected chi connectivity index (χ3v) is 3.38. The number of halogens is 2. The van der Waals surface area contributed by atoms with Crippen molar-refractivity contribution < 1.29 is 4.74 Å². The predicted octanol–water partition coefficient (Wildman–Crippen LogP) is 5.07. The molecule has 0 saturated carbocycles. The molecule has 0 fully saturated rings. The quantitative estimate of drug-likeness (QED) is 0.801. The Morgan fingerprint density at radius 3 is 2.33 bits per heavy atom. The van der Waals surface area contributed by atoms with E-state index < -0.39 is 0 Å². The highest BCUT2D eigenvalue weighted by molar-refractivity contribution is 6.34. The second-order valence-electron chi connectivity index (χ2n) is 5.25. The fourth-order valence-electron chi connectivity index (χ4n) is 1.93. The Hall–Kier alpha value is -1.22. The van der Waals surface area contributed by atoms with Gasteiger partial charge in [0.25, 0.3) is 0 Å². The standard InChI is InChI=1S/C17H19Cl2NO/c1-12(2)20-10-13-4-3-5-14(6-13)11-21-17-8-15(18)7-16(19)9-17/h3-9,12,20H,10-11H2,1-2H3. The van der Waals surface area contributed by atoms with Crippen molar-refractivity contribution in [2.45, 2.75) is 33.0 Å². The zero-order valence-corrected chi connectivity index (χ0v) is 13.7. The molecule has 1 N–H and O–H groups in total. The minimum absolute atomic E-state index is 0.471. The van der Waals surface area contributed by atoms with E-state index in [4.69, 9.17) is 27.9 Å². The first-order chi connectivity index (χ1) is 10.0. The van der Waals surface area contributed by atoms with Crippen LogP contribution in [0.2, 0.25) is 10.0 Å². The maximum Gasteiger partial charge on any atom is 0.122 e. The number of hydrogen-bond donors (Lipinski definition) is 1. The summed E-state index contributed by atoms with van der Waals surface area (Å²) in [6.07, 6.45) is 0. The number of ether oxygens (including phenoxy) is 1. The lowest BCUT2D eigenvalue weighted by atomic mass is 10.1. The Balaban J connectivity index is 1.98. The Morgan fingerprint density at radius 1 is 1.00 bits per heavy atom. The summed E-state index contributed by atoms with van der Waals surface area (Å²) in [6, 6.07) is 14.0. The van der Waals surface area contributed by atoms with Crippen LogP contribution in [-0.2, 0) is 13.2 Å². The number of benzene rings is 2. The van der Waals surface area contributed by atoms with Gasteiger partial charge in [-0.25, -0.2) is 0 Å². The van der Waals surface area contributed by atoms with Gasteiger partial charge in [0.05, 0.1) is 0 Å². The van der Waals surface area contributed by atoms with Crippen LogP contribution in [0.15, 0.2) is 42.5 Å². The Morgan fingerprint density at radius 2 is 1.67 bits per heavy atom. The van der Waals surface area contributed by atoms with Gasteiger partial charge in [-0.15, -0.1) is 0 Å². The molecule has 0 aliphatic carbocycles. The molecule has 2 aromatic carbocycles. The van der Waals surface area contributed by atoms with Crippen LogP contribution < -0.4 is 10.1 Å². The largest absolute Gasteiger partial charge is 0.489 e. The van der Waals surface area contributed by atoms with E-state index >= 15 is 0 Å². The normalized spacial score (nSPS) is 10.9. The second kappa shape index (κ2) is 7.69. The fourth-order valence-corrected chi connectivity index (χ4v) is 2.44. The van der Waals surface area contributed by atoms with Crippen LogP contribution in [-0.4, -0.2) is 6.04 Å². The first kappa shape index (κ1) is 16.2. The van der Waals surface area contributed by atoms with Crippen molar-refractivity contribution in [3.05, 3.63) is 63.6 Å². The van der Waals surface area contributed by atoms with Gasteiger partial charge < -0.3 is 10.1 Å². The summed E-state index contributed by atoms with van der Waals surface area (Å²) < 4.78 is 5.75. The zero-order chi connectivity index (χ0) is 15.2. The van der Waals surface area contributed by atoms with Crippen LogP contribution >= 0.6 is 23.2 Å². The van der Waals surface area contributed by atoms with E-state index in [0.717, 1.165) is 12.1 Å². The van der Waals surface area contributed by atoms with Crippen molar-refractivity contribution in [2.24, 2.45) is 0 Å². The minimum atomic E-state index is 0.471. The summed E-state index contributed by atoms with van der Waals surface area (Å²) in [5.41, 5.74) is 2.36. The SMILES string of the molecule is CC(C)NCc1cccc(COc2cc(Cl)cc(Cl)c2)c1. The molecule has 2 nitrogen and oxygen atoms in total. The molecule has 0 aliphatic heterocycles. The highest BCUT2D eigenvalue weighted by Crippen LogP contribution is 2.24. The van der Waals surface area contributed by atoms with Crippen LogP contribution in [0.25, 0.3) is 0 Å². The van der Waals surface area contributed by atoms with E-state index in [-0.39, 0.29) is 0 Å². The van der Waals surface area contributed by atoms with Crippen molar-refractivity contribution in [1.82, 2.24) is 5.32 Å². The first-order valence-corrected chi connectivity index (χ1v) is 7.68. The van der Waals surface area contributed by atoms with Gasteiger partial charge in [-0.05, 0) is 29.3 Å². The Kier molecular flexibility index (Phi) is 5.92. The van der Waals surface area contributed by atoms with Crippen molar-refractivity contribution in [3.8, 4) is 5.75 Å². The van der Waals surface area contributed by atoms with Crippen LogP contribution in [0.4, 0.5) is 0 Å². The summed E-state index contributed by atoms with van der Waals surface area (Å²) >= 11 is 11.9. The maximum atomic E-state index is 5.96. The molecule has 2 rings (SSSR count). The van der Waals surface area contributed by atoms with E-state index in [2.05, 4.69) is 31.3 Å². The molecule has 0 spiro atoms. The third kappa shape index (κ3) is 5.58. The maximum absolute atomic E-state index is 5.96. The van der Waals surface area contributed by atoms with E-state index in [1.54, 1.807) is 18.2 Å². The number of hydrogen-bond acceptors (Lipinski definition) is 2. The molecule has 0 aromatic heterocycles. The molecule has 0 radical (unpaired) electrons. The molecule has 0 aliphatic rings. The van der Waals surface area contributed by atoms with E-state index in [0.29, 0.717) is 28.4 Å². The molecule has 21 heavy (non-hydrogen) atoms. The molecule has 2 aromatic rings. The Labute approximate surface area is 136 Å². The van der Waals surface area contributed by atoms with Gasteiger partial charge in [0, 0.05) is 22.6 Å². The minimum Gasteiger partial charge on any atom is -0.489 e. The molecule has 112 valence electrons. The monoisotopic (exact) mass is 323 g/mol. The Bertz CT molecular complexity index is 579. The van der Waals surface area contributed by atoms with Crippen LogP contribution in [0.3, 0.4) is 0 Å². The molecule has 4 heteroatoms. The third-order valence-electron chi connectivity index (χ3n) is 2.95. The van der Waals surface area contributed by atoms with Crippen LogP contribution in [0.5, 0.6) is 5.75 Å². The zero-order valence-electron chi connectivity index (χ0n) is 12.2. The molecule has 0 heterocycles. The first-order valence-electron chi connectivity index (χ1n) is 6.93. The van der Waals surface area contributed by atoms with Crippen molar-refractivity contribution in [3.63, 3.8) is 0 Å². The molecular weight excluding hydrogens is 305 g/mol. The topological polar surface area (TPSA) is 21.3 Å². The van der Waals surface area contributed by atoms with E-state index in [9.17, 15) is 0 Å².